The largest absolute Gasteiger partial charge is 0.400 e. The summed E-state index contributed by atoms with van der Waals surface area (Å²) in [6.45, 7) is 7.14. The highest BCUT2D eigenvalue weighted by Gasteiger charge is 2.04. The molecule has 7 N–H and O–H groups in total. The lowest BCUT2D eigenvalue weighted by atomic mass is 10.2. The van der Waals surface area contributed by atoms with Gasteiger partial charge in [0, 0.05) is 33.0 Å². The summed E-state index contributed by atoms with van der Waals surface area (Å²) in [6, 6.07) is 10.3. The minimum absolute atomic E-state index is 0.0484. The molecule has 0 aliphatic rings. The van der Waals surface area contributed by atoms with Crippen LogP contribution in [-0.4, -0.2) is 55.9 Å². The number of aryl methyl sites for hydroxylation is 1. The number of carbonyl (C=O) groups is 3. The van der Waals surface area contributed by atoms with E-state index < -0.39 is 0 Å². The molecule has 0 atom stereocenters. The zero-order valence-electron chi connectivity index (χ0n) is 20.1. The van der Waals surface area contributed by atoms with Gasteiger partial charge in [0.05, 0.1) is 6.54 Å². The number of benzene rings is 1. The number of nitrogens with one attached hydrogen (secondary N) is 2. The van der Waals surface area contributed by atoms with Gasteiger partial charge >= 0.3 is 0 Å². The molecule has 0 heterocycles. The smallest absolute Gasteiger partial charge is 0.239 e. The predicted octanol–water partition coefficient (Wildman–Crippen LogP) is 1.66. The molecule has 0 unspecified atom stereocenters. The van der Waals surface area contributed by atoms with Crippen molar-refractivity contribution in [3.8, 4) is 0 Å². The number of guanidine groups is 1. The van der Waals surface area contributed by atoms with Crippen LogP contribution in [0.4, 0.5) is 0 Å². The summed E-state index contributed by atoms with van der Waals surface area (Å²) >= 11 is 0. The van der Waals surface area contributed by atoms with Crippen LogP contribution in [0.2, 0.25) is 0 Å². The van der Waals surface area contributed by atoms with E-state index in [1.807, 2.05) is 32.0 Å². The third-order valence-electron chi connectivity index (χ3n) is 3.48. The molecule has 0 fully saturated rings. The molecule has 1 rings (SSSR count). The molecule has 0 spiro atoms. The van der Waals surface area contributed by atoms with Crippen molar-refractivity contribution in [2.45, 2.75) is 59.3 Å². The summed E-state index contributed by atoms with van der Waals surface area (Å²) in [7, 11) is 1.00. The highest BCUT2D eigenvalue weighted by Crippen LogP contribution is 1.99. The number of hydrogen-bond acceptors (Lipinski definition) is 5. The van der Waals surface area contributed by atoms with Crippen LogP contribution in [0.25, 0.3) is 0 Å². The molecule has 0 aromatic heterocycles. The molecule has 0 aliphatic heterocycles. The topological polar surface area (TPSA) is 160 Å². The number of aliphatic imine (C=N–C) groups is 1. The van der Waals surface area contributed by atoms with Crippen LogP contribution in [0.1, 0.15) is 57.9 Å². The summed E-state index contributed by atoms with van der Waals surface area (Å²) in [4.78, 5) is 35.6. The molecule has 32 heavy (non-hydrogen) atoms. The van der Waals surface area contributed by atoms with Gasteiger partial charge in [0.1, 0.15) is 6.29 Å². The lowest BCUT2D eigenvalue weighted by molar-refractivity contribution is -0.126. The van der Waals surface area contributed by atoms with Crippen molar-refractivity contribution in [2.75, 3.05) is 26.7 Å². The number of aldehydes is 1. The molecular weight excluding hydrogens is 410 g/mol. The van der Waals surface area contributed by atoms with Gasteiger partial charge in [0.2, 0.25) is 11.8 Å². The van der Waals surface area contributed by atoms with Crippen LogP contribution in [-0.2, 0) is 14.4 Å². The molecule has 0 saturated heterocycles. The van der Waals surface area contributed by atoms with Gasteiger partial charge in [-0.25, -0.2) is 0 Å². The second-order valence-corrected chi connectivity index (χ2v) is 6.47. The molecule has 1 aromatic rings. The van der Waals surface area contributed by atoms with E-state index in [-0.39, 0.29) is 24.3 Å². The number of amides is 2. The zero-order valence-corrected chi connectivity index (χ0v) is 20.1. The van der Waals surface area contributed by atoms with Gasteiger partial charge in [-0.1, -0.05) is 56.2 Å². The van der Waals surface area contributed by atoms with Gasteiger partial charge in [-0.15, -0.1) is 0 Å². The first-order valence-electron chi connectivity index (χ1n) is 10.9. The molecule has 0 saturated carbocycles. The number of nitrogens with zero attached hydrogens (tertiary/aromatic N) is 1. The Kier molecular flexibility index (Phi) is 29.5. The fourth-order valence-corrected chi connectivity index (χ4v) is 1.91. The lowest BCUT2D eigenvalue weighted by Gasteiger charge is -2.05. The predicted molar refractivity (Wildman–Crippen MR) is 131 cm³/mol. The Hall–Kier alpha value is -2.94. The van der Waals surface area contributed by atoms with Crippen molar-refractivity contribution in [3.05, 3.63) is 35.9 Å². The Morgan fingerprint density at radius 2 is 1.59 bits per heavy atom. The number of aliphatic hydroxyl groups excluding tert-OH is 1. The Labute approximate surface area is 193 Å². The number of aliphatic hydroxyl groups is 1. The minimum atomic E-state index is -0.150. The van der Waals surface area contributed by atoms with Crippen LogP contribution in [0, 0.1) is 6.92 Å². The lowest BCUT2D eigenvalue weighted by Crippen LogP contribution is -2.37. The van der Waals surface area contributed by atoms with Crippen LogP contribution in [0.15, 0.2) is 35.3 Å². The molecule has 2 amide bonds. The van der Waals surface area contributed by atoms with E-state index in [0.717, 1.165) is 39.1 Å². The normalized spacial score (nSPS) is 8.66. The van der Waals surface area contributed by atoms with E-state index in [1.165, 1.54) is 5.56 Å². The van der Waals surface area contributed by atoms with Crippen LogP contribution in [0.3, 0.4) is 0 Å². The van der Waals surface area contributed by atoms with Gasteiger partial charge in [-0.3, -0.25) is 14.6 Å². The molecule has 9 nitrogen and oxygen atoms in total. The number of carbonyl (C=O) groups excluding carboxylic acids is 3. The maximum atomic E-state index is 11.4. The summed E-state index contributed by atoms with van der Waals surface area (Å²) in [5, 5.41) is 12.3. The van der Waals surface area contributed by atoms with Gasteiger partial charge in [0.15, 0.2) is 5.96 Å². The highest BCUT2D eigenvalue weighted by atomic mass is 16.2. The third kappa shape index (κ3) is 31.7. The molecule has 184 valence electrons. The molecule has 0 aliphatic carbocycles. The first kappa shape index (κ1) is 33.7. The average Bonchev–Trinajstić information content (AvgIpc) is 2.80. The van der Waals surface area contributed by atoms with Crippen molar-refractivity contribution in [3.63, 3.8) is 0 Å². The Morgan fingerprint density at radius 1 is 1.00 bits per heavy atom. The maximum absolute atomic E-state index is 11.4. The second kappa shape index (κ2) is 28.1. The van der Waals surface area contributed by atoms with Gasteiger partial charge in [-0.05, 0) is 26.2 Å². The number of unbranched alkanes of at least 4 members (excludes halogenated alkanes) is 2. The van der Waals surface area contributed by atoms with Crippen molar-refractivity contribution in [1.29, 1.82) is 0 Å². The summed E-state index contributed by atoms with van der Waals surface area (Å²) in [6.07, 6.45) is 5.31. The second-order valence-electron chi connectivity index (χ2n) is 6.47. The Morgan fingerprint density at radius 3 is 2.03 bits per heavy atom. The van der Waals surface area contributed by atoms with Gasteiger partial charge in [-0.2, -0.15) is 0 Å². The SMILES string of the molecule is CCC=O.CCCNC(=O)CNC(=O)CCCCCN=C(N)N.CO.Cc1ccccc1. The van der Waals surface area contributed by atoms with Crippen LogP contribution in [0.5, 0.6) is 0 Å². The van der Waals surface area contributed by atoms with E-state index in [2.05, 4.69) is 34.7 Å². The van der Waals surface area contributed by atoms with E-state index in [0.29, 0.717) is 25.9 Å². The third-order valence-corrected chi connectivity index (χ3v) is 3.48. The minimum Gasteiger partial charge on any atom is -0.400 e. The van der Waals surface area contributed by atoms with Crippen LogP contribution < -0.4 is 22.1 Å². The fourth-order valence-electron chi connectivity index (χ4n) is 1.91. The molecule has 9 heteroatoms. The summed E-state index contributed by atoms with van der Waals surface area (Å²) < 4.78 is 0. The van der Waals surface area contributed by atoms with E-state index >= 15 is 0 Å². The number of hydrogen-bond donors (Lipinski definition) is 5. The standard InChI is InChI=1S/C12H25N5O2.C7H8.C3H6O.CH4O/c1-2-7-15-11(19)9-17-10(18)6-4-3-5-8-16-12(13)14;1-7-5-3-2-4-6-7;1-2-3-4;1-2/h2-9H2,1H3,(H,15,19)(H,17,18)(H4,13,14,16);2-6H,1H3;3H,2H2,1H3;2H,1H3. The Balaban J connectivity index is -0.000000523. The first-order chi connectivity index (χ1) is 15.4. The van der Waals surface area contributed by atoms with E-state index in [9.17, 15) is 14.4 Å². The zero-order chi connectivity index (χ0) is 25.0. The first-order valence-corrected chi connectivity index (χ1v) is 10.9. The highest BCUT2D eigenvalue weighted by molar-refractivity contribution is 5.84. The van der Waals surface area contributed by atoms with Gasteiger partial charge < -0.3 is 32.0 Å². The molecule has 0 bridgehead atoms. The fraction of sp³-hybridized carbons (Fsp3) is 0.565. The number of rotatable bonds is 11. The quantitative estimate of drug-likeness (QED) is 0.148. The van der Waals surface area contributed by atoms with Crippen molar-refractivity contribution < 1.29 is 19.5 Å². The molecule has 0 radical (unpaired) electrons. The van der Waals surface area contributed by atoms with Crippen molar-refractivity contribution in [2.24, 2.45) is 16.5 Å². The van der Waals surface area contributed by atoms with E-state index in [4.69, 9.17) is 16.6 Å². The Bertz CT molecular complexity index is 591. The number of nitrogens with two attached hydrogens (primary N) is 2. The monoisotopic (exact) mass is 453 g/mol. The molecule has 1 aromatic carbocycles. The average molecular weight is 454 g/mol. The van der Waals surface area contributed by atoms with Crippen molar-refractivity contribution >= 4 is 24.1 Å². The van der Waals surface area contributed by atoms with Crippen molar-refractivity contribution in [1.82, 2.24) is 10.6 Å². The molecular formula is C23H43N5O4. The van der Waals surface area contributed by atoms with Crippen LogP contribution >= 0.6 is 0 Å². The van der Waals surface area contributed by atoms with E-state index in [1.54, 1.807) is 0 Å². The summed E-state index contributed by atoms with van der Waals surface area (Å²) in [5.74, 6) is -0.160. The van der Waals surface area contributed by atoms with Gasteiger partial charge in [0.25, 0.3) is 0 Å². The maximum Gasteiger partial charge on any atom is 0.239 e. The summed E-state index contributed by atoms with van der Waals surface area (Å²) in [5.41, 5.74) is 11.7.